The highest BCUT2D eigenvalue weighted by Gasteiger charge is 2.12. The molecule has 1 aliphatic rings. The number of hydrogen-bond donors (Lipinski definition) is 2. The monoisotopic (exact) mass is 339 g/mol. The molecule has 6 nitrogen and oxygen atoms in total. The molecule has 1 aliphatic heterocycles. The zero-order valence-corrected chi connectivity index (χ0v) is 14.4. The van der Waals surface area contributed by atoms with E-state index in [-0.39, 0.29) is 5.91 Å². The van der Waals surface area contributed by atoms with E-state index >= 15 is 0 Å². The van der Waals surface area contributed by atoms with Gasteiger partial charge < -0.3 is 15.5 Å². The summed E-state index contributed by atoms with van der Waals surface area (Å²) in [6, 6.07) is 11.3. The van der Waals surface area contributed by atoms with Crippen LogP contribution in [-0.4, -0.2) is 42.1 Å². The molecule has 132 valence electrons. The summed E-state index contributed by atoms with van der Waals surface area (Å²) in [7, 11) is 0. The number of carbonyl (C=O) groups is 1. The topological polar surface area (TPSA) is 70.2 Å². The summed E-state index contributed by atoms with van der Waals surface area (Å²) in [5, 5.41) is 6.24. The number of amides is 1. The lowest BCUT2D eigenvalue weighted by molar-refractivity contribution is 0.0953. The quantitative estimate of drug-likeness (QED) is 0.759. The summed E-state index contributed by atoms with van der Waals surface area (Å²) in [5.41, 5.74) is 0.692. The molecule has 1 aromatic heterocycles. The first-order valence-electron chi connectivity index (χ1n) is 8.97. The number of benzene rings is 1. The fourth-order valence-corrected chi connectivity index (χ4v) is 2.94. The molecule has 0 spiro atoms. The van der Waals surface area contributed by atoms with E-state index in [1.807, 2.05) is 36.4 Å². The van der Waals surface area contributed by atoms with Crippen molar-refractivity contribution < 1.29 is 4.79 Å². The van der Waals surface area contributed by atoms with Crippen LogP contribution in [0.15, 0.2) is 42.7 Å². The third kappa shape index (κ3) is 5.17. The molecule has 1 saturated heterocycles. The third-order valence-corrected chi connectivity index (χ3v) is 4.31. The second kappa shape index (κ2) is 9.01. The number of nitrogens with zero attached hydrogens (tertiary/aromatic N) is 3. The predicted molar refractivity (Wildman–Crippen MR) is 100.0 cm³/mol. The minimum atomic E-state index is -0.0324. The summed E-state index contributed by atoms with van der Waals surface area (Å²) in [6.07, 6.45) is 6.22. The van der Waals surface area contributed by atoms with E-state index in [1.165, 1.54) is 19.3 Å². The van der Waals surface area contributed by atoms with E-state index in [0.29, 0.717) is 12.1 Å². The van der Waals surface area contributed by atoms with Gasteiger partial charge in [0.15, 0.2) is 0 Å². The molecule has 0 saturated carbocycles. The van der Waals surface area contributed by atoms with Crippen LogP contribution in [0.4, 0.5) is 11.6 Å². The number of nitrogens with one attached hydrogen (secondary N) is 2. The van der Waals surface area contributed by atoms with Gasteiger partial charge in [-0.2, -0.15) is 0 Å². The van der Waals surface area contributed by atoms with Crippen LogP contribution in [0.3, 0.4) is 0 Å². The molecular weight excluding hydrogens is 314 g/mol. The summed E-state index contributed by atoms with van der Waals surface area (Å²) in [6.45, 7) is 3.53. The zero-order valence-electron chi connectivity index (χ0n) is 14.4. The van der Waals surface area contributed by atoms with Gasteiger partial charge in [0.2, 0.25) is 0 Å². The molecule has 0 unspecified atom stereocenters. The van der Waals surface area contributed by atoms with Crippen LogP contribution in [-0.2, 0) is 0 Å². The predicted octanol–water partition coefficient (Wildman–Crippen LogP) is 2.70. The van der Waals surface area contributed by atoms with Crippen molar-refractivity contribution in [3.8, 4) is 0 Å². The van der Waals surface area contributed by atoms with E-state index in [1.54, 1.807) is 6.33 Å². The Kier molecular flexibility index (Phi) is 6.20. The van der Waals surface area contributed by atoms with Crippen molar-refractivity contribution in [2.75, 3.05) is 36.4 Å². The van der Waals surface area contributed by atoms with Gasteiger partial charge in [-0.05, 0) is 37.8 Å². The normalized spacial score (nSPS) is 14.2. The molecule has 3 rings (SSSR count). The first-order chi connectivity index (χ1) is 12.3. The van der Waals surface area contributed by atoms with E-state index in [9.17, 15) is 4.79 Å². The van der Waals surface area contributed by atoms with Gasteiger partial charge in [0.25, 0.3) is 5.91 Å². The largest absolute Gasteiger partial charge is 0.370 e. The second-order valence-corrected chi connectivity index (χ2v) is 6.21. The van der Waals surface area contributed by atoms with Crippen molar-refractivity contribution in [2.24, 2.45) is 0 Å². The van der Waals surface area contributed by atoms with E-state index in [0.717, 1.165) is 37.7 Å². The maximum atomic E-state index is 11.9. The highest BCUT2D eigenvalue weighted by molar-refractivity contribution is 5.94. The lowest BCUT2D eigenvalue weighted by Gasteiger charge is -2.27. The Balaban J connectivity index is 1.39. The summed E-state index contributed by atoms with van der Waals surface area (Å²) < 4.78 is 0. The van der Waals surface area contributed by atoms with Gasteiger partial charge >= 0.3 is 0 Å². The molecule has 1 fully saturated rings. The molecule has 1 aromatic carbocycles. The molecule has 2 aromatic rings. The van der Waals surface area contributed by atoms with Crippen molar-refractivity contribution in [1.29, 1.82) is 0 Å². The van der Waals surface area contributed by atoms with E-state index in [2.05, 4.69) is 25.5 Å². The van der Waals surface area contributed by atoms with Crippen molar-refractivity contribution in [3.05, 3.63) is 48.3 Å². The second-order valence-electron chi connectivity index (χ2n) is 6.21. The lowest BCUT2D eigenvalue weighted by atomic mass is 10.1. The van der Waals surface area contributed by atoms with Gasteiger partial charge in [-0.25, -0.2) is 9.97 Å². The van der Waals surface area contributed by atoms with Crippen LogP contribution in [0.2, 0.25) is 0 Å². The molecular formula is C19H25N5O. The first-order valence-corrected chi connectivity index (χ1v) is 8.97. The molecule has 0 aliphatic carbocycles. The van der Waals surface area contributed by atoms with Crippen LogP contribution in [0.1, 0.15) is 36.0 Å². The Bertz CT molecular complexity index is 671. The number of rotatable bonds is 7. The maximum absolute atomic E-state index is 11.9. The van der Waals surface area contributed by atoms with Crippen LogP contribution < -0.4 is 15.5 Å². The summed E-state index contributed by atoms with van der Waals surface area (Å²) in [4.78, 5) is 22.9. The molecule has 0 radical (unpaired) electrons. The van der Waals surface area contributed by atoms with Crippen molar-refractivity contribution in [1.82, 2.24) is 15.3 Å². The molecule has 25 heavy (non-hydrogen) atoms. The van der Waals surface area contributed by atoms with Crippen LogP contribution in [0, 0.1) is 0 Å². The molecule has 0 atom stereocenters. The Morgan fingerprint density at radius 1 is 1.04 bits per heavy atom. The van der Waals surface area contributed by atoms with Crippen LogP contribution in [0.5, 0.6) is 0 Å². The number of piperidine rings is 1. The van der Waals surface area contributed by atoms with Crippen molar-refractivity contribution in [3.63, 3.8) is 0 Å². The highest BCUT2D eigenvalue weighted by atomic mass is 16.1. The minimum Gasteiger partial charge on any atom is -0.370 e. The van der Waals surface area contributed by atoms with Gasteiger partial charge in [-0.1, -0.05) is 18.2 Å². The maximum Gasteiger partial charge on any atom is 0.251 e. The standard InChI is InChI=1S/C19H25N5O/c25-19(16-8-3-1-4-9-16)21-11-7-10-20-17-14-18(23-15-22-17)24-12-5-2-6-13-24/h1,3-4,8-9,14-15H,2,5-7,10-13H2,(H,21,25)(H,20,22,23). The fourth-order valence-electron chi connectivity index (χ4n) is 2.94. The molecule has 2 N–H and O–H groups in total. The van der Waals surface area contributed by atoms with E-state index in [4.69, 9.17) is 0 Å². The van der Waals surface area contributed by atoms with Gasteiger partial charge in [0.05, 0.1) is 0 Å². The van der Waals surface area contributed by atoms with E-state index < -0.39 is 0 Å². The molecule has 2 heterocycles. The Morgan fingerprint density at radius 3 is 2.64 bits per heavy atom. The SMILES string of the molecule is O=C(NCCCNc1cc(N2CCCCC2)ncn1)c1ccccc1. The Morgan fingerprint density at radius 2 is 1.84 bits per heavy atom. The van der Waals surface area contributed by atoms with Crippen LogP contribution in [0.25, 0.3) is 0 Å². The van der Waals surface area contributed by atoms with Crippen LogP contribution >= 0.6 is 0 Å². The average Bonchev–Trinajstić information content (AvgIpc) is 2.69. The van der Waals surface area contributed by atoms with Gasteiger partial charge in [-0.3, -0.25) is 4.79 Å². The number of aromatic nitrogens is 2. The Labute approximate surface area is 148 Å². The number of anilines is 2. The summed E-state index contributed by atoms with van der Waals surface area (Å²) in [5.74, 6) is 1.80. The van der Waals surface area contributed by atoms with Crippen molar-refractivity contribution in [2.45, 2.75) is 25.7 Å². The molecule has 0 bridgehead atoms. The number of carbonyl (C=O) groups excluding carboxylic acids is 1. The van der Waals surface area contributed by atoms with Gasteiger partial charge in [-0.15, -0.1) is 0 Å². The van der Waals surface area contributed by atoms with Gasteiger partial charge in [0.1, 0.15) is 18.0 Å². The first kappa shape index (κ1) is 17.2. The molecule has 1 amide bonds. The highest BCUT2D eigenvalue weighted by Crippen LogP contribution is 2.18. The minimum absolute atomic E-state index is 0.0324. The fraction of sp³-hybridized carbons (Fsp3) is 0.421. The lowest BCUT2D eigenvalue weighted by Crippen LogP contribution is -2.30. The molecule has 6 heteroatoms. The third-order valence-electron chi connectivity index (χ3n) is 4.31. The van der Waals surface area contributed by atoms with Gasteiger partial charge in [0, 0.05) is 37.8 Å². The summed E-state index contributed by atoms with van der Waals surface area (Å²) >= 11 is 0. The van der Waals surface area contributed by atoms with Crippen molar-refractivity contribution >= 4 is 17.5 Å². The number of hydrogen-bond acceptors (Lipinski definition) is 5. The zero-order chi connectivity index (χ0) is 17.3. The average molecular weight is 339 g/mol. The smallest absolute Gasteiger partial charge is 0.251 e. The Hall–Kier alpha value is -2.63.